The monoisotopic (exact) mass is 333 g/mol. The van der Waals surface area contributed by atoms with Crippen molar-refractivity contribution in [3.05, 3.63) is 0 Å². The van der Waals surface area contributed by atoms with E-state index >= 15 is 0 Å². The quantitative estimate of drug-likeness (QED) is 0.680. The molecule has 0 aliphatic carbocycles. The fraction of sp³-hybridized carbons (Fsp3) is 0.933. The van der Waals surface area contributed by atoms with E-state index in [4.69, 9.17) is 0 Å². The molecule has 1 amide bonds. The van der Waals surface area contributed by atoms with Gasteiger partial charge in [-0.3, -0.25) is 4.79 Å². The van der Waals surface area contributed by atoms with Crippen molar-refractivity contribution < 1.29 is 13.2 Å². The minimum atomic E-state index is -3.06. The standard InChI is InChI=1S/C15H31N3O3S/c1-4-13-22(20,21)18-10-7-14(8-11-18)5-6-15(19)16-9-12-17(2)3/h14H,4-13H2,1-3H3,(H,16,19). The van der Waals surface area contributed by atoms with E-state index in [0.717, 1.165) is 25.8 Å². The smallest absolute Gasteiger partial charge is 0.220 e. The van der Waals surface area contributed by atoms with Crippen LogP contribution in [0.3, 0.4) is 0 Å². The molecule has 1 aliphatic heterocycles. The van der Waals surface area contributed by atoms with Crippen LogP contribution in [0.4, 0.5) is 0 Å². The molecule has 0 spiro atoms. The van der Waals surface area contributed by atoms with Crippen molar-refractivity contribution in [2.75, 3.05) is 46.0 Å². The summed E-state index contributed by atoms with van der Waals surface area (Å²) in [5.41, 5.74) is 0. The van der Waals surface area contributed by atoms with E-state index < -0.39 is 10.0 Å². The Morgan fingerprint density at radius 1 is 1.27 bits per heavy atom. The largest absolute Gasteiger partial charge is 0.355 e. The van der Waals surface area contributed by atoms with Gasteiger partial charge in [-0.15, -0.1) is 0 Å². The van der Waals surface area contributed by atoms with Gasteiger partial charge >= 0.3 is 0 Å². The van der Waals surface area contributed by atoms with Gasteiger partial charge in [-0.1, -0.05) is 6.92 Å². The summed E-state index contributed by atoms with van der Waals surface area (Å²) < 4.78 is 25.6. The third-order valence-electron chi connectivity index (χ3n) is 4.09. The number of nitrogens with zero attached hydrogens (tertiary/aromatic N) is 2. The van der Waals surface area contributed by atoms with Gasteiger partial charge in [0.1, 0.15) is 0 Å². The average molecular weight is 333 g/mol. The Bertz CT molecular complexity index is 429. The maximum atomic E-state index is 12.0. The number of carbonyl (C=O) groups excluding carboxylic acids is 1. The highest BCUT2D eigenvalue weighted by Crippen LogP contribution is 2.23. The van der Waals surface area contributed by atoms with Crippen LogP contribution in [0.2, 0.25) is 0 Å². The number of hydrogen-bond acceptors (Lipinski definition) is 4. The van der Waals surface area contributed by atoms with E-state index in [9.17, 15) is 13.2 Å². The van der Waals surface area contributed by atoms with E-state index in [2.05, 4.69) is 5.32 Å². The molecule has 1 aliphatic rings. The van der Waals surface area contributed by atoms with Gasteiger partial charge in [-0.2, -0.15) is 0 Å². The lowest BCUT2D eigenvalue weighted by Gasteiger charge is -2.31. The molecule has 0 unspecified atom stereocenters. The highest BCUT2D eigenvalue weighted by Gasteiger charge is 2.27. The first-order valence-corrected chi connectivity index (χ1v) is 9.85. The van der Waals surface area contributed by atoms with Gasteiger partial charge in [0.2, 0.25) is 15.9 Å². The highest BCUT2D eigenvalue weighted by atomic mass is 32.2. The van der Waals surface area contributed by atoms with Crippen molar-refractivity contribution in [2.45, 2.75) is 39.0 Å². The van der Waals surface area contributed by atoms with E-state index in [1.165, 1.54) is 0 Å². The molecule has 22 heavy (non-hydrogen) atoms. The maximum absolute atomic E-state index is 12.0. The number of sulfonamides is 1. The zero-order valence-corrected chi connectivity index (χ0v) is 15.0. The van der Waals surface area contributed by atoms with Crippen LogP contribution in [0.5, 0.6) is 0 Å². The van der Waals surface area contributed by atoms with E-state index in [1.807, 2.05) is 25.9 Å². The molecule has 1 rings (SSSR count). The molecule has 0 radical (unpaired) electrons. The van der Waals surface area contributed by atoms with Gasteiger partial charge in [-0.05, 0) is 45.7 Å². The first kappa shape index (κ1) is 19.4. The lowest BCUT2D eigenvalue weighted by Crippen LogP contribution is -2.40. The number of amides is 1. The molecule has 0 aromatic rings. The molecule has 0 saturated carbocycles. The Balaban J connectivity index is 2.22. The van der Waals surface area contributed by atoms with Gasteiger partial charge in [0.05, 0.1) is 5.75 Å². The van der Waals surface area contributed by atoms with Crippen LogP contribution in [0.15, 0.2) is 0 Å². The summed E-state index contributed by atoms with van der Waals surface area (Å²) in [5, 5.41) is 2.92. The van der Waals surface area contributed by atoms with Crippen molar-refractivity contribution in [3.8, 4) is 0 Å². The molecule has 130 valence electrons. The summed E-state index contributed by atoms with van der Waals surface area (Å²) in [4.78, 5) is 13.8. The molecule has 0 atom stereocenters. The van der Waals surface area contributed by atoms with Crippen molar-refractivity contribution in [1.82, 2.24) is 14.5 Å². The van der Waals surface area contributed by atoms with Crippen LogP contribution in [-0.2, 0) is 14.8 Å². The summed E-state index contributed by atoms with van der Waals surface area (Å²) in [5.74, 6) is 0.807. The van der Waals surface area contributed by atoms with Crippen molar-refractivity contribution in [3.63, 3.8) is 0 Å². The molecule has 1 saturated heterocycles. The highest BCUT2D eigenvalue weighted by molar-refractivity contribution is 7.89. The predicted molar refractivity (Wildman–Crippen MR) is 89.2 cm³/mol. The Kier molecular flexibility index (Phi) is 8.35. The van der Waals surface area contributed by atoms with Crippen molar-refractivity contribution >= 4 is 15.9 Å². The first-order valence-electron chi connectivity index (χ1n) is 8.24. The minimum absolute atomic E-state index is 0.0999. The van der Waals surface area contributed by atoms with Crippen molar-refractivity contribution in [1.29, 1.82) is 0 Å². The molecular weight excluding hydrogens is 302 g/mol. The number of nitrogens with one attached hydrogen (secondary N) is 1. The maximum Gasteiger partial charge on any atom is 0.220 e. The van der Waals surface area contributed by atoms with E-state index in [-0.39, 0.29) is 11.7 Å². The Hall–Kier alpha value is -0.660. The van der Waals surface area contributed by atoms with Gasteiger partial charge in [-0.25, -0.2) is 12.7 Å². The molecular formula is C15H31N3O3S. The molecule has 7 heteroatoms. The van der Waals surface area contributed by atoms with Crippen LogP contribution in [0.1, 0.15) is 39.0 Å². The van der Waals surface area contributed by atoms with E-state index in [1.54, 1.807) is 4.31 Å². The molecule has 6 nitrogen and oxygen atoms in total. The number of rotatable bonds is 9. The SMILES string of the molecule is CCCS(=O)(=O)N1CCC(CCC(=O)NCCN(C)C)CC1. The lowest BCUT2D eigenvalue weighted by molar-refractivity contribution is -0.121. The zero-order chi connectivity index (χ0) is 16.6. The normalized spacial score (nSPS) is 17.8. The zero-order valence-electron chi connectivity index (χ0n) is 14.2. The van der Waals surface area contributed by atoms with E-state index in [0.29, 0.717) is 38.4 Å². The average Bonchev–Trinajstić information content (AvgIpc) is 2.45. The van der Waals surface area contributed by atoms with Crippen LogP contribution in [0, 0.1) is 5.92 Å². The second kappa shape index (κ2) is 9.47. The molecule has 0 aromatic heterocycles. The third kappa shape index (κ3) is 7.07. The molecule has 0 aromatic carbocycles. The molecule has 1 N–H and O–H groups in total. The summed E-state index contributed by atoms with van der Waals surface area (Å²) in [6, 6.07) is 0. The molecule has 1 heterocycles. The van der Waals surface area contributed by atoms with Gasteiger partial charge in [0, 0.05) is 32.6 Å². The summed E-state index contributed by atoms with van der Waals surface area (Å²) in [7, 11) is 0.899. The van der Waals surface area contributed by atoms with Gasteiger partial charge in [0.25, 0.3) is 0 Å². The van der Waals surface area contributed by atoms with Crippen molar-refractivity contribution in [2.24, 2.45) is 5.92 Å². The predicted octanol–water partition coefficient (Wildman–Crippen LogP) is 0.896. The fourth-order valence-corrected chi connectivity index (χ4v) is 4.25. The van der Waals surface area contributed by atoms with Gasteiger partial charge < -0.3 is 10.2 Å². The summed E-state index contributed by atoms with van der Waals surface area (Å²) in [6.45, 7) is 4.63. The molecule has 0 bridgehead atoms. The van der Waals surface area contributed by atoms with Gasteiger partial charge in [0.15, 0.2) is 0 Å². The Labute approximate surface area is 135 Å². The number of carbonyl (C=O) groups is 1. The lowest BCUT2D eigenvalue weighted by atomic mass is 9.93. The topological polar surface area (TPSA) is 69.7 Å². The van der Waals surface area contributed by atoms with Crippen LogP contribution in [0.25, 0.3) is 0 Å². The second-order valence-electron chi connectivity index (χ2n) is 6.35. The first-order chi connectivity index (χ1) is 10.3. The van der Waals surface area contributed by atoms with Crippen LogP contribution >= 0.6 is 0 Å². The summed E-state index contributed by atoms with van der Waals surface area (Å²) in [6.07, 6.45) is 3.80. The number of hydrogen-bond donors (Lipinski definition) is 1. The fourth-order valence-electron chi connectivity index (χ4n) is 2.71. The van der Waals surface area contributed by atoms with Crippen LogP contribution in [-0.4, -0.2) is 69.6 Å². The van der Waals surface area contributed by atoms with Crippen LogP contribution < -0.4 is 5.32 Å². The minimum Gasteiger partial charge on any atom is -0.355 e. The number of likely N-dealkylation sites (N-methyl/N-ethyl adjacent to an activating group) is 1. The Morgan fingerprint density at radius 3 is 2.45 bits per heavy atom. The second-order valence-corrected chi connectivity index (χ2v) is 8.44. The Morgan fingerprint density at radius 2 is 1.91 bits per heavy atom. The summed E-state index contributed by atoms with van der Waals surface area (Å²) >= 11 is 0. The third-order valence-corrected chi connectivity index (χ3v) is 6.17. The molecule has 1 fully saturated rings. The number of piperidine rings is 1.